The van der Waals surface area contributed by atoms with Gasteiger partial charge < -0.3 is 4.90 Å². The van der Waals surface area contributed by atoms with Crippen molar-refractivity contribution < 1.29 is 9.18 Å². The summed E-state index contributed by atoms with van der Waals surface area (Å²) < 4.78 is 14.9. The molecule has 5 rings (SSSR count). The Morgan fingerprint density at radius 3 is 2.48 bits per heavy atom. The zero-order valence-electron chi connectivity index (χ0n) is 16.7. The third-order valence-corrected chi connectivity index (χ3v) is 6.45. The Morgan fingerprint density at radius 2 is 1.74 bits per heavy atom. The number of carbonyl (C=O) groups excluding carboxylic acids is 1. The van der Waals surface area contributed by atoms with Crippen molar-refractivity contribution in [3.8, 4) is 5.69 Å². The number of fused-ring (bicyclic) bond motifs is 1. The number of hydrogen-bond donors (Lipinski definition) is 0. The number of carbonyl (C=O) groups is 1. The molecule has 1 amide bonds. The molecule has 3 heterocycles. The standard InChI is InChI=1S/C23H20FN5OS/c24-18-7-9-19(10-8-18)29-21-20(13-27-29)22(26-15-25-21)31-14-16-3-5-17(6-4-16)23(30)28-11-1-2-12-28/h3-10,13,15H,1-2,11-12,14H2. The summed E-state index contributed by atoms with van der Waals surface area (Å²) >= 11 is 1.59. The molecular weight excluding hydrogens is 413 g/mol. The predicted octanol–water partition coefficient (Wildman–Crippen LogP) is 4.48. The van der Waals surface area contributed by atoms with E-state index in [1.54, 1.807) is 34.8 Å². The van der Waals surface area contributed by atoms with Gasteiger partial charge in [-0.25, -0.2) is 19.0 Å². The van der Waals surface area contributed by atoms with Crippen molar-refractivity contribution in [2.24, 2.45) is 0 Å². The molecule has 2 aromatic carbocycles. The second-order valence-electron chi connectivity index (χ2n) is 7.43. The molecule has 1 aliphatic rings. The molecule has 156 valence electrons. The van der Waals surface area contributed by atoms with Gasteiger partial charge in [0.2, 0.25) is 0 Å². The largest absolute Gasteiger partial charge is 0.339 e. The lowest BCUT2D eigenvalue weighted by molar-refractivity contribution is 0.0793. The zero-order chi connectivity index (χ0) is 21.2. The van der Waals surface area contributed by atoms with Crippen LogP contribution in [-0.2, 0) is 5.75 Å². The highest BCUT2D eigenvalue weighted by Gasteiger charge is 2.19. The first-order chi connectivity index (χ1) is 15.2. The summed E-state index contributed by atoms with van der Waals surface area (Å²) in [6.45, 7) is 1.71. The molecule has 2 aromatic heterocycles. The van der Waals surface area contributed by atoms with E-state index in [2.05, 4.69) is 15.1 Å². The van der Waals surface area contributed by atoms with Crippen LogP contribution in [0, 0.1) is 5.82 Å². The molecule has 0 bridgehead atoms. The van der Waals surface area contributed by atoms with Gasteiger partial charge in [0.15, 0.2) is 5.65 Å². The van der Waals surface area contributed by atoms with Crippen molar-refractivity contribution in [1.29, 1.82) is 0 Å². The number of halogens is 1. The van der Waals surface area contributed by atoms with Gasteiger partial charge in [0, 0.05) is 24.4 Å². The molecule has 0 N–H and O–H groups in total. The molecule has 0 spiro atoms. The van der Waals surface area contributed by atoms with Gasteiger partial charge in [-0.2, -0.15) is 5.10 Å². The summed E-state index contributed by atoms with van der Waals surface area (Å²) in [5.74, 6) is 0.535. The molecular formula is C23H20FN5OS. The van der Waals surface area contributed by atoms with E-state index in [1.165, 1.54) is 18.5 Å². The molecule has 8 heteroatoms. The Morgan fingerprint density at radius 1 is 1.00 bits per heavy atom. The minimum absolute atomic E-state index is 0.113. The maximum absolute atomic E-state index is 13.2. The lowest BCUT2D eigenvalue weighted by Gasteiger charge is -2.15. The molecule has 0 radical (unpaired) electrons. The summed E-state index contributed by atoms with van der Waals surface area (Å²) in [4.78, 5) is 23.2. The first-order valence-corrected chi connectivity index (χ1v) is 11.1. The topological polar surface area (TPSA) is 63.9 Å². The van der Waals surface area contributed by atoms with E-state index in [-0.39, 0.29) is 11.7 Å². The van der Waals surface area contributed by atoms with E-state index in [0.717, 1.165) is 53.2 Å². The third kappa shape index (κ3) is 4.03. The number of hydrogen-bond acceptors (Lipinski definition) is 5. The van der Waals surface area contributed by atoms with Crippen molar-refractivity contribution in [2.75, 3.05) is 13.1 Å². The molecule has 1 aliphatic heterocycles. The van der Waals surface area contributed by atoms with Gasteiger partial charge in [0.25, 0.3) is 5.91 Å². The zero-order valence-corrected chi connectivity index (χ0v) is 17.6. The minimum atomic E-state index is -0.292. The van der Waals surface area contributed by atoms with Crippen LogP contribution in [0.25, 0.3) is 16.7 Å². The highest BCUT2D eigenvalue weighted by molar-refractivity contribution is 7.98. The fraction of sp³-hybridized carbons (Fsp3) is 0.217. The normalized spacial score (nSPS) is 13.8. The first kappa shape index (κ1) is 19.7. The van der Waals surface area contributed by atoms with E-state index >= 15 is 0 Å². The Bertz CT molecular complexity index is 1220. The van der Waals surface area contributed by atoms with E-state index in [0.29, 0.717) is 11.4 Å². The van der Waals surface area contributed by atoms with Gasteiger partial charge in [-0.05, 0) is 54.8 Å². The summed E-state index contributed by atoms with van der Waals surface area (Å²) in [5.41, 5.74) is 3.27. The van der Waals surface area contributed by atoms with Crippen LogP contribution in [-0.4, -0.2) is 43.6 Å². The number of aromatic nitrogens is 4. The van der Waals surface area contributed by atoms with Crippen LogP contribution in [0.5, 0.6) is 0 Å². The average molecular weight is 434 g/mol. The minimum Gasteiger partial charge on any atom is -0.339 e. The smallest absolute Gasteiger partial charge is 0.253 e. The number of amides is 1. The lowest BCUT2D eigenvalue weighted by Crippen LogP contribution is -2.27. The number of rotatable bonds is 5. The molecule has 0 aliphatic carbocycles. The third-order valence-electron chi connectivity index (χ3n) is 5.37. The summed E-state index contributed by atoms with van der Waals surface area (Å²) in [5, 5.41) is 6.09. The second kappa shape index (κ2) is 8.47. The van der Waals surface area contributed by atoms with Crippen molar-refractivity contribution in [3.63, 3.8) is 0 Å². The van der Waals surface area contributed by atoms with Crippen molar-refractivity contribution in [1.82, 2.24) is 24.6 Å². The highest BCUT2D eigenvalue weighted by Crippen LogP contribution is 2.28. The highest BCUT2D eigenvalue weighted by atomic mass is 32.2. The van der Waals surface area contributed by atoms with E-state index in [4.69, 9.17) is 0 Å². The predicted molar refractivity (Wildman–Crippen MR) is 118 cm³/mol. The second-order valence-corrected chi connectivity index (χ2v) is 8.40. The van der Waals surface area contributed by atoms with Gasteiger partial charge in [0.1, 0.15) is 17.2 Å². The van der Waals surface area contributed by atoms with Crippen molar-refractivity contribution in [2.45, 2.75) is 23.6 Å². The molecule has 4 aromatic rings. The number of likely N-dealkylation sites (tertiary alicyclic amines) is 1. The van der Waals surface area contributed by atoms with Gasteiger partial charge in [-0.15, -0.1) is 11.8 Å². The fourth-order valence-corrected chi connectivity index (χ4v) is 4.62. The van der Waals surface area contributed by atoms with Crippen molar-refractivity contribution in [3.05, 3.63) is 78.0 Å². The van der Waals surface area contributed by atoms with E-state index in [1.807, 2.05) is 29.2 Å². The van der Waals surface area contributed by atoms with Crippen LogP contribution >= 0.6 is 11.8 Å². The van der Waals surface area contributed by atoms with Crippen LogP contribution in [0.3, 0.4) is 0 Å². The molecule has 1 fully saturated rings. The van der Waals surface area contributed by atoms with Gasteiger partial charge in [-0.1, -0.05) is 12.1 Å². The molecule has 0 atom stereocenters. The first-order valence-electron chi connectivity index (χ1n) is 10.1. The number of benzene rings is 2. The Hall–Kier alpha value is -3.26. The summed E-state index contributed by atoms with van der Waals surface area (Å²) in [6.07, 6.45) is 5.43. The lowest BCUT2D eigenvalue weighted by atomic mass is 10.1. The fourth-order valence-electron chi connectivity index (χ4n) is 3.71. The molecule has 0 unspecified atom stereocenters. The molecule has 6 nitrogen and oxygen atoms in total. The summed E-state index contributed by atoms with van der Waals surface area (Å²) in [7, 11) is 0. The molecule has 0 saturated carbocycles. The van der Waals surface area contributed by atoms with E-state index in [9.17, 15) is 9.18 Å². The number of nitrogens with zero attached hydrogens (tertiary/aromatic N) is 5. The van der Waals surface area contributed by atoms with Gasteiger partial charge in [0.05, 0.1) is 17.3 Å². The summed E-state index contributed by atoms with van der Waals surface area (Å²) in [6, 6.07) is 13.9. The Kier molecular flexibility index (Phi) is 5.38. The maximum atomic E-state index is 13.2. The van der Waals surface area contributed by atoms with Crippen LogP contribution in [0.1, 0.15) is 28.8 Å². The van der Waals surface area contributed by atoms with E-state index < -0.39 is 0 Å². The number of thioether (sulfide) groups is 1. The van der Waals surface area contributed by atoms with Crippen LogP contribution in [0.4, 0.5) is 4.39 Å². The quantitative estimate of drug-likeness (QED) is 0.343. The van der Waals surface area contributed by atoms with Crippen LogP contribution < -0.4 is 0 Å². The molecule has 31 heavy (non-hydrogen) atoms. The average Bonchev–Trinajstić information content (AvgIpc) is 3.49. The van der Waals surface area contributed by atoms with Gasteiger partial charge >= 0.3 is 0 Å². The SMILES string of the molecule is O=C(c1ccc(CSc2ncnc3c2cnn3-c2ccc(F)cc2)cc1)N1CCCC1. The molecule has 1 saturated heterocycles. The van der Waals surface area contributed by atoms with Crippen LogP contribution in [0.15, 0.2) is 66.1 Å². The van der Waals surface area contributed by atoms with Gasteiger partial charge in [-0.3, -0.25) is 4.79 Å². The van der Waals surface area contributed by atoms with Crippen LogP contribution in [0.2, 0.25) is 0 Å². The van der Waals surface area contributed by atoms with Crippen molar-refractivity contribution >= 4 is 28.7 Å². The monoisotopic (exact) mass is 433 g/mol. The maximum Gasteiger partial charge on any atom is 0.253 e. The Labute approximate surface area is 183 Å². The Balaban J connectivity index is 1.32.